The summed E-state index contributed by atoms with van der Waals surface area (Å²) in [5.41, 5.74) is 2.92. The van der Waals surface area contributed by atoms with Crippen molar-refractivity contribution in [3.8, 4) is 0 Å². The monoisotopic (exact) mass is 289 g/mol. The van der Waals surface area contributed by atoms with Gasteiger partial charge in [0.05, 0.1) is 6.20 Å². The number of hydrogen-bond acceptors (Lipinski definition) is 2. The summed E-state index contributed by atoms with van der Waals surface area (Å²) in [6, 6.07) is 1.26. The van der Waals surface area contributed by atoms with Crippen LogP contribution in [0.2, 0.25) is 0 Å². The van der Waals surface area contributed by atoms with Gasteiger partial charge < -0.3 is 5.32 Å². The van der Waals surface area contributed by atoms with Crippen molar-refractivity contribution >= 4 is 0 Å². The van der Waals surface area contributed by atoms with E-state index in [0.29, 0.717) is 12.1 Å². The van der Waals surface area contributed by atoms with Crippen molar-refractivity contribution in [1.29, 1.82) is 0 Å². The summed E-state index contributed by atoms with van der Waals surface area (Å²) in [5.74, 6) is 1.79. The van der Waals surface area contributed by atoms with Crippen molar-refractivity contribution in [1.82, 2.24) is 15.1 Å². The Morgan fingerprint density at radius 2 is 2.00 bits per heavy atom. The highest BCUT2D eigenvalue weighted by Gasteiger charge is 2.27. The summed E-state index contributed by atoms with van der Waals surface area (Å²) in [5, 5.41) is 8.45. The molecule has 0 bridgehead atoms. The van der Waals surface area contributed by atoms with Crippen LogP contribution in [0.4, 0.5) is 0 Å². The van der Waals surface area contributed by atoms with Crippen molar-refractivity contribution in [2.45, 2.75) is 77.3 Å². The maximum absolute atomic E-state index is 4.47. The highest BCUT2D eigenvalue weighted by atomic mass is 15.3. The second kappa shape index (κ2) is 6.51. The highest BCUT2D eigenvalue weighted by Crippen LogP contribution is 2.33. The summed E-state index contributed by atoms with van der Waals surface area (Å²) < 4.78 is 2.07. The van der Waals surface area contributed by atoms with Crippen molar-refractivity contribution in [3.05, 3.63) is 17.5 Å². The molecular formula is C18H31N3. The SMILES string of the molecule is CC(C)C1CCCC(NC2CCCc3c2cnn3C)CC1. The van der Waals surface area contributed by atoms with Gasteiger partial charge in [-0.15, -0.1) is 0 Å². The summed E-state index contributed by atoms with van der Waals surface area (Å²) in [7, 11) is 2.08. The predicted octanol–water partition coefficient (Wildman–Crippen LogP) is 3.99. The standard InChI is InChI=1S/C18H31N3/c1-13(2)14-6-4-7-15(11-10-14)20-17-8-5-9-18-16(17)12-19-21(18)3/h12-15,17,20H,4-11H2,1-3H3. The zero-order valence-corrected chi connectivity index (χ0v) is 13.9. The summed E-state index contributed by atoms with van der Waals surface area (Å²) in [4.78, 5) is 0. The van der Waals surface area contributed by atoms with E-state index in [9.17, 15) is 0 Å². The predicted molar refractivity (Wildman–Crippen MR) is 87.2 cm³/mol. The molecule has 0 aromatic carbocycles. The minimum absolute atomic E-state index is 0.544. The molecule has 3 unspecified atom stereocenters. The minimum Gasteiger partial charge on any atom is -0.307 e. The van der Waals surface area contributed by atoms with Crippen LogP contribution in [0.3, 0.4) is 0 Å². The lowest BCUT2D eigenvalue weighted by Crippen LogP contribution is -2.34. The smallest absolute Gasteiger partial charge is 0.0540 e. The first kappa shape index (κ1) is 15.1. The van der Waals surface area contributed by atoms with E-state index >= 15 is 0 Å². The molecule has 1 aromatic heterocycles. The molecule has 1 heterocycles. The molecule has 2 aliphatic carbocycles. The Morgan fingerprint density at radius 1 is 1.14 bits per heavy atom. The van der Waals surface area contributed by atoms with Gasteiger partial charge >= 0.3 is 0 Å². The first-order valence-corrected chi connectivity index (χ1v) is 8.92. The highest BCUT2D eigenvalue weighted by molar-refractivity contribution is 5.24. The Bertz CT molecular complexity index is 463. The maximum atomic E-state index is 4.47. The molecular weight excluding hydrogens is 258 g/mol. The van der Waals surface area contributed by atoms with E-state index in [4.69, 9.17) is 0 Å². The molecule has 0 saturated heterocycles. The van der Waals surface area contributed by atoms with Gasteiger partial charge in [0.2, 0.25) is 0 Å². The second-order valence-corrected chi connectivity index (χ2v) is 7.49. The molecule has 1 N–H and O–H groups in total. The molecule has 118 valence electrons. The molecule has 1 saturated carbocycles. The summed E-state index contributed by atoms with van der Waals surface area (Å²) >= 11 is 0. The van der Waals surface area contributed by atoms with E-state index in [1.807, 2.05) is 0 Å². The number of aromatic nitrogens is 2. The van der Waals surface area contributed by atoms with Crippen LogP contribution < -0.4 is 5.32 Å². The van der Waals surface area contributed by atoms with Gasteiger partial charge in [0.1, 0.15) is 0 Å². The van der Waals surface area contributed by atoms with Gasteiger partial charge in [-0.2, -0.15) is 5.10 Å². The van der Waals surface area contributed by atoms with Gasteiger partial charge in [0, 0.05) is 30.4 Å². The van der Waals surface area contributed by atoms with Crippen LogP contribution in [-0.2, 0) is 13.5 Å². The Kier molecular flexibility index (Phi) is 4.68. The van der Waals surface area contributed by atoms with Crippen molar-refractivity contribution in [2.75, 3.05) is 0 Å². The molecule has 0 radical (unpaired) electrons. The number of nitrogens with zero attached hydrogens (tertiary/aromatic N) is 2. The Hall–Kier alpha value is -0.830. The Balaban J connectivity index is 1.62. The zero-order valence-electron chi connectivity index (χ0n) is 13.9. The largest absolute Gasteiger partial charge is 0.307 e. The van der Waals surface area contributed by atoms with E-state index in [1.54, 1.807) is 0 Å². The average molecular weight is 289 g/mol. The fourth-order valence-corrected chi connectivity index (χ4v) is 4.33. The lowest BCUT2D eigenvalue weighted by Gasteiger charge is -2.28. The first-order valence-electron chi connectivity index (χ1n) is 8.92. The molecule has 3 heteroatoms. The number of hydrogen-bond donors (Lipinski definition) is 1. The van der Waals surface area contributed by atoms with E-state index in [0.717, 1.165) is 11.8 Å². The van der Waals surface area contributed by atoms with Gasteiger partial charge in [-0.1, -0.05) is 26.7 Å². The molecule has 1 fully saturated rings. The van der Waals surface area contributed by atoms with Crippen molar-refractivity contribution in [2.24, 2.45) is 18.9 Å². The van der Waals surface area contributed by atoms with Crippen LogP contribution in [0.5, 0.6) is 0 Å². The topological polar surface area (TPSA) is 29.9 Å². The van der Waals surface area contributed by atoms with Crippen LogP contribution >= 0.6 is 0 Å². The van der Waals surface area contributed by atoms with E-state index in [1.165, 1.54) is 62.6 Å². The normalized spacial score (nSPS) is 30.2. The third-order valence-corrected chi connectivity index (χ3v) is 5.77. The zero-order chi connectivity index (χ0) is 14.8. The Labute approximate surface area is 129 Å². The van der Waals surface area contributed by atoms with Gasteiger partial charge in [0.15, 0.2) is 0 Å². The van der Waals surface area contributed by atoms with Crippen LogP contribution in [0, 0.1) is 11.8 Å². The van der Waals surface area contributed by atoms with Crippen molar-refractivity contribution in [3.63, 3.8) is 0 Å². The molecule has 3 rings (SSSR count). The lowest BCUT2D eigenvalue weighted by molar-refractivity contribution is 0.329. The minimum atomic E-state index is 0.544. The van der Waals surface area contributed by atoms with Gasteiger partial charge in [-0.3, -0.25) is 4.68 Å². The summed E-state index contributed by atoms with van der Waals surface area (Å²) in [6.07, 6.45) is 12.8. The van der Waals surface area contributed by atoms with Gasteiger partial charge in [-0.05, 0) is 50.4 Å². The number of aryl methyl sites for hydroxylation is 1. The molecule has 3 atom stereocenters. The maximum Gasteiger partial charge on any atom is 0.0540 e. The molecule has 0 aliphatic heterocycles. The average Bonchev–Trinajstić information content (AvgIpc) is 2.71. The fraction of sp³-hybridized carbons (Fsp3) is 0.833. The quantitative estimate of drug-likeness (QED) is 0.853. The molecule has 2 aliphatic rings. The molecule has 0 spiro atoms. The third kappa shape index (κ3) is 3.33. The first-order chi connectivity index (χ1) is 10.1. The number of rotatable bonds is 3. The fourth-order valence-electron chi connectivity index (χ4n) is 4.33. The van der Waals surface area contributed by atoms with Crippen LogP contribution in [0.25, 0.3) is 0 Å². The van der Waals surface area contributed by atoms with E-state index in [-0.39, 0.29) is 0 Å². The lowest BCUT2D eigenvalue weighted by atomic mass is 9.88. The van der Waals surface area contributed by atoms with Gasteiger partial charge in [-0.25, -0.2) is 0 Å². The Morgan fingerprint density at radius 3 is 2.81 bits per heavy atom. The molecule has 1 aromatic rings. The van der Waals surface area contributed by atoms with Crippen LogP contribution in [0.15, 0.2) is 6.20 Å². The van der Waals surface area contributed by atoms with Gasteiger partial charge in [0.25, 0.3) is 0 Å². The van der Waals surface area contributed by atoms with E-state index < -0.39 is 0 Å². The van der Waals surface area contributed by atoms with Crippen LogP contribution in [-0.4, -0.2) is 15.8 Å². The molecule has 0 amide bonds. The van der Waals surface area contributed by atoms with Crippen molar-refractivity contribution < 1.29 is 0 Å². The number of nitrogens with one attached hydrogen (secondary N) is 1. The van der Waals surface area contributed by atoms with Crippen LogP contribution in [0.1, 0.15) is 76.1 Å². The second-order valence-electron chi connectivity index (χ2n) is 7.49. The van der Waals surface area contributed by atoms with E-state index in [2.05, 4.69) is 42.2 Å². The molecule has 21 heavy (non-hydrogen) atoms. The third-order valence-electron chi connectivity index (χ3n) is 5.77. The molecule has 3 nitrogen and oxygen atoms in total. The summed E-state index contributed by atoms with van der Waals surface area (Å²) in [6.45, 7) is 4.78. The number of fused-ring (bicyclic) bond motifs is 1.